The maximum Gasteiger partial charge on any atom is 0.241 e. The molecule has 1 N–H and O–H groups in total. The predicted molar refractivity (Wildman–Crippen MR) is 129 cm³/mol. The first-order chi connectivity index (χ1) is 15.0. The molecule has 1 aliphatic heterocycles. The van der Waals surface area contributed by atoms with Crippen LogP contribution in [0.5, 0.6) is 0 Å². The zero-order valence-corrected chi connectivity index (χ0v) is 19.6. The van der Waals surface area contributed by atoms with Gasteiger partial charge in [-0.2, -0.15) is 5.26 Å². The molecule has 0 saturated carbocycles. The molecule has 1 aliphatic rings. The van der Waals surface area contributed by atoms with E-state index < -0.39 is 5.41 Å². The van der Waals surface area contributed by atoms with E-state index in [9.17, 15) is 10.1 Å². The van der Waals surface area contributed by atoms with Crippen LogP contribution in [-0.4, -0.2) is 35.0 Å². The third kappa shape index (κ3) is 5.31. The van der Waals surface area contributed by atoms with Crippen molar-refractivity contribution in [2.75, 3.05) is 18.2 Å². The number of thioether (sulfide) groups is 1. The lowest BCUT2D eigenvalue weighted by molar-refractivity contribution is -0.135. The average Bonchev–Trinajstić information content (AvgIpc) is 3.35. The molecular weight excluding hydrogens is 402 g/mol. The van der Waals surface area contributed by atoms with Gasteiger partial charge in [0.15, 0.2) is 0 Å². The van der Waals surface area contributed by atoms with Gasteiger partial charge in [0.25, 0.3) is 0 Å². The molecule has 2 aromatic carbocycles. The number of nitrogens with zero attached hydrogens (tertiary/aromatic N) is 2. The molecular formula is C26H33N3OS. The standard InChI is InChI=1S/C26H33N3OS/c1-20(2)26(18-27,23-13-8-5-9-14-23)15-10-16-29(25(30)24-17-31-19-28-24)21(3)22-11-6-4-7-12-22/h4-9,11-14,20-21,24,28H,10,15-17,19H2,1-3H3/t21-,24-,26+/m1/s1. The molecule has 4 nitrogen and oxygen atoms in total. The van der Waals surface area contributed by atoms with Crippen LogP contribution in [0.3, 0.4) is 0 Å². The normalized spacial score (nSPS) is 18.9. The van der Waals surface area contributed by atoms with Crippen LogP contribution in [0.15, 0.2) is 60.7 Å². The summed E-state index contributed by atoms with van der Waals surface area (Å²) in [5.74, 6) is 1.98. The maximum atomic E-state index is 13.4. The Kier molecular flexibility index (Phi) is 8.17. The fourth-order valence-corrected chi connectivity index (χ4v) is 5.37. The molecule has 164 valence electrons. The molecule has 0 radical (unpaired) electrons. The summed E-state index contributed by atoms with van der Waals surface area (Å²) in [7, 11) is 0. The van der Waals surface area contributed by atoms with E-state index in [0.29, 0.717) is 6.54 Å². The number of hydrogen-bond donors (Lipinski definition) is 1. The van der Waals surface area contributed by atoms with Crippen LogP contribution >= 0.6 is 11.8 Å². The van der Waals surface area contributed by atoms with Crippen molar-refractivity contribution in [3.8, 4) is 6.07 Å². The molecule has 1 saturated heterocycles. The minimum atomic E-state index is -0.548. The maximum absolute atomic E-state index is 13.4. The van der Waals surface area contributed by atoms with Crippen molar-refractivity contribution in [1.82, 2.24) is 10.2 Å². The minimum absolute atomic E-state index is 0.00615. The highest BCUT2D eigenvalue weighted by Crippen LogP contribution is 2.37. The van der Waals surface area contributed by atoms with Crippen molar-refractivity contribution < 1.29 is 4.79 Å². The zero-order valence-electron chi connectivity index (χ0n) is 18.8. The number of rotatable bonds is 9. The Balaban J connectivity index is 1.79. The van der Waals surface area contributed by atoms with Crippen molar-refractivity contribution >= 4 is 17.7 Å². The van der Waals surface area contributed by atoms with Gasteiger partial charge in [0.2, 0.25) is 5.91 Å². The largest absolute Gasteiger partial charge is 0.335 e. The topological polar surface area (TPSA) is 56.1 Å². The van der Waals surface area contributed by atoms with Crippen LogP contribution in [0.1, 0.15) is 50.8 Å². The second-order valence-corrected chi connectivity index (χ2v) is 9.63. The summed E-state index contributed by atoms with van der Waals surface area (Å²) in [4.78, 5) is 15.4. The highest BCUT2D eigenvalue weighted by atomic mass is 32.2. The summed E-state index contributed by atoms with van der Waals surface area (Å²) in [6.07, 6.45) is 1.51. The molecule has 0 unspecified atom stereocenters. The lowest BCUT2D eigenvalue weighted by Gasteiger charge is -2.35. The van der Waals surface area contributed by atoms with Crippen molar-refractivity contribution in [1.29, 1.82) is 5.26 Å². The first kappa shape index (κ1) is 23.4. The highest BCUT2D eigenvalue weighted by Gasteiger charge is 2.36. The Hall–Kier alpha value is -2.29. The molecule has 3 rings (SSSR count). The summed E-state index contributed by atoms with van der Waals surface area (Å²) in [5, 5.41) is 13.5. The monoisotopic (exact) mass is 435 g/mol. The van der Waals surface area contributed by atoms with Crippen molar-refractivity contribution in [2.45, 2.75) is 51.1 Å². The summed E-state index contributed by atoms with van der Waals surface area (Å²) in [5.41, 5.74) is 1.66. The Labute approximate surface area is 191 Å². The third-order valence-corrected chi connectivity index (χ3v) is 7.43. The highest BCUT2D eigenvalue weighted by molar-refractivity contribution is 7.99. The summed E-state index contributed by atoms with van der Waals surface area (Å²) >= 11 is 1.77. The summed E-state index contributed by atoms with van der Waals surface area (Å²) in [6.45, 7) is 6.98. The van der Waals surface area contributed by atoms with E-state index in [-0.39, 0.29) is 23.9 Å². The van der Waals surface area contributed by atoms with Gasteiger partial charge >= 0.3 is 0 Å². The van der Waals surface area contributed by atoms with Gasteiger partial charge in [-0.1, -0.05) is 74.5 Å². The van der Waals surface area contributed by atoms with Gasteiger partial charge in [-0.25, -0.2) is 0 Å². The number of amides is 1. The average molecular weight is 436 g/mol. The van der Waals surface area contributed by atoms with Crippen molar-refractivity contribution in [3.05, 3.63) is 71.8 Å². The zero-order chi connectivity index (χ0) is 22.3. The molecule has 1 fully saturated rings. The molecule has 0 aliphatic carbocycles. The van der Waals surface area contributed by atoms with Crippen LogP contribution in [0.25, 0.3) is 0 Å². The smallest absolute Gasteiger partial charge is 0.241 e. The molecule has 0 bridgehead atoms. The molecule has 31 heavy (non-hydrogen) atoms. The molecule has 0 aromatic heterocycles. The Bertz CT molecular complexity index is 875. The van der Waals surface area contributed by atoms with E-state index >= 15 is 0 Å². The Morgan fingerprint density at radius 1 is 1.16 bits per heavy atom. The molecule has 0 spiro atoms. The van der Waals surface area contributed by atoms with Gasteiger partial charge in [0, 0.05) is 18.2 Å². The Morgan fingerprint density at radius 2 is 1.81 bits per heavy atom. The lowest BCUT2D eigenvalue weighted by Crippen LogP contribution is -2.46. The SMILES string of the molecule is CC(C)[C@@](C#N)(CCCN(C(=O)[C@H]1CSCN1)[C@H](C)c1ccccc1)c1ccccc1. The number of nitrogens with one attached hydrogen (secondary N) is 1. The third-order valence-electron chi connectivity index (χ3n) is 6.49. The quantitative estimate of drug-likeness (QED) is 0.593. The van der Waals surface area contributed by atoms with Gasteiger partial charge in [-0.3, -0.25) is 10.1 Å². The summed E-state index contributed by atoms with van der Waals surface area (Å²) < 4.78 is 0. The molecule has 3 atom stereocenters. The van der Waals surface area contributed by atoms with Crippen LogP contribution in [0.4, 0.5) is 0 Å². The Morgan fingerprint density at radius 3 is 2.35 bits per heavy atom. The van der Waals surface area contributed by atoms with Gasteiger partial charge in [-0.15, -0.1) is 11.8 Å². The van der Waals surface area contributed by atoms with E-state index in [1.165, 1.54) is 0 Å². The fraction of sp³-hybridized carbons (Fsp3) is 0.462. The molecule has 1 amide bonds. The number of carbonyl (C=O) groups is 1. The van der Waals surface area contributed by atoms with Crippen molar-refractivity contribution in [2.24, 2.45) is 5.92 Å². The van der Waals surface area contributed by atoms with E-state index in [1.807, 2.05) is 41.3 Å². The number of benzene rings is 2. The number of nitriles is 1. The van der Waals surface area contributed by atoms with Crippen LogP contribution < -0.4 is 5.32 Å². The second-order valence-electron chi connectivity index (χ2n) is 8.60. The van der Waals surface area contributed by atoms with Gasteiger partial charge < -0.3 is 4.90 Å². The first-order valence-corrected chi connectivity index (χ1v) is 12.3. The fourth-order valence-electron chi connectivity index (χ4n) is 4.44. The lowest BCUT2D eigenvalue weighted by atomic mass is 9.70. The minimum Gasteiger partial charge on any atom is -0.335 e. The second kappa shape index (κ2) is 10.8. The molecule has 2 aromatic rings. The van der Waals surface area contributed by atoms with E-state index in [1.54, 1.807) is 11.8 Å². The first-order valence-electron chi connectivity index (χ1n) is 11.1. The van der Waals surface area contributed by atoms with Gasteiger partial charge in [0.1, 0.15) is 0 Å². The number of hydrogen-bond acceptors (Lipinski definition) is 4. The van der Waals surface area contributed by atoms with E-state index in [2.05, 4.69) is 56.4 Å². The molecule has 5 heteroatoms. The van der Waals surface area contributed by atoms with Crippen LogP contribution in [0, 0.1) is 17.2 Å². The number of carbonyl (C=O) groups excluding carboxylic acids is 1. The van der Waals surface area contributed by atoms with Gasteiger partial charge in [-0.05, 0) is 36.8 Å². The van der Waals surface area contributed by atoms with Crippen LogP contribution in [-0.2, 0) is 10.2 Å². The predicted octanol–water partition coefficient (Wildman–Crippen LogP) is 5.14. The van der Waals surface area contributed by atoms with Crippen LogP contribution in [0.2, 0.25) is 0 Å². The van der Waals surface area contributed by atoms with Gasteiger partial charge in [0.05, 0.1) is 23.6 Å². The van der Waals surface area contributed by atoms with E-state index in [0.717, 1.165) is 35.6 Å². The summed E-state index contributed by atoms with van der Waals surface area (Å²) in [6, 6.07) is 22.8. The van der Waals surface area contributed by atoms with E-state index in [4.69, 9.17) is 0 Å². The molecule has 1 heterocycles. The van der Waals surface area contributed by atoms with Crippen molar-refractivity contribution in [3.63, 3.8) is 0 Å².